The van der Waals surface area contributed by atoms with E-state index in [1.165, 1.54) is 0 Å². The van der Waals surface area contributed by atoms with Crippen molar-refractivity contribution < 1.29 is 9.53 Å². The smallest absolute Gasteiger partial charge is 0.410 e. The van der Waals surface area contributed by atoms with Crippen LogP contribution >= 0.6 is 0 Å². The van der Waals surface area contributed by atoms with Crippen LogP contribution in [0.5, 0.6) is 0 Å². The number of hydrogen-bond acceptors (Lipinski definition) is 3. The summed E-state index contributed by atoms with van der Waals surface area (Å²) in [5.41, 5.74) is 2.45. The molecule has 0 N–H and O–H groups in total. The maximum Gasteiger partial charge on any atom is 0.410 e. The van der Waals surface area contributed by atoms with Crippen LogP contribution in [0.4, 0.5) is 4.79 Å². The quantitative estimate of drug-likeness (QED) is 0.769. The summed E-state index contributed by atoms with van der Waals surface area (Å²) < 4.78 is 7.32. The zero-order valence-electron chi connectivity index (χ0n) is 15.6. The second-order valence-electron chi connectivity index (χ2n) is 7.62. The third-order valence-corrected chi connectivity index (χ3v) is 4.47. The van der Waals surface area contributed by atoms with Gasteiger partial charge in [-0.1, -0.05) is 5.92 Å². The minimum absolute atomic E-state index is 0.227. The van der Waals surface area contributed by atoms with Crippen LogP contribution in [0, 0.1) is 12.3 Å². The van der Waals surface area contributed by atoms with E-state index in [1.54, 1.807) is 4.90 Å². The first kappa shape index (κ1) is 18.1. The zero-order chi connectivity index (χ0) is 18.7. The fourth-order valence-corrected chi connectivity index (χ4v) is 3.09. The van der Waals surface area contributed by atoms with Crippen molar-refractivity contribution in [1.29, 1.82) is 0 Å². The van der Waals surface area contributed by atoms with Crippen molar-refractivity contribution in [3.63, 3.8) is 0 Å². The lowest BCUT2D eigenvalue weighted by atomic mass is 9.94. The molecule has 0 atom stereocenters. The summed E-state index contributed by atoms with van der Waals surface area (Å²) in [5.74, 6) is 2.98. The van der Waals surface area contributed by atoms with E-state index in [-0.39, 0.29) is 6.09 Å². The monoisotopic (exact) mass is 351 g/mol. The first-order valence-corrected chi connectivity index (χ1v) is 8.96. The van der Waals surface area contributed by atoms with Gasteiger partial charge in [-0.15, -0.1) is 6.42 Å². The summed E-state index contributed by atoms with van der Waals surface area (Å²) in [4.78, 5) is 14.0. The Labute approximate surface area is 155 Å². The Morgan fingerprint density at radius 3 is 2.42 bits per heavy atom. The lowest BCUT2D eigenvalue weighted by Crippen LogP contribution is -2.41. The number of piperidine rings is 1. The number of ether oxygens (including phenoxy) is 1. The SMILES string of the molecule is C#Cc1ccc(-n2ccc(C3CCN(C(=O)OC(C)(C)C)CC3)n2)cc1. The lowest BCUT2D eigenvalue weighted by molar-refractivity contribution is 0.0204. The molecule has 1 aromatic heterocycles. The molecule has 0 saturated carbocycles. The number of amides is 1. The Bertz CT molecular complexity index is 801. The molecule has 1 fully saturated rings. The van der Waals surface area contributed by atoms with Crippen LogP contribution in [-0.2, 0) is 4.74 Å². The molecule has 5 heteroatoms. The fraction of sp³-hybridized carbons (Fsp3) is 0.429. The van der Waals surface area contributed by atoms with Gasteiger partial charge in [0.1, 0.15) is 5.60 Å². The van der Waals surface area contributed by atoms with Crippen LogP contribution < -0.4 is 0 Å². The molecule has 0 radical (unpaired) electrons. The largest absolute Gasteiger partial charge is 0.444 e. The van der Waals surface area contributed by atoms with Gasteiger partial charge in [0.15, 0.2) is 0 Å². The normalized spacial score (nSPS) is 15.5. The highest BCUT2D eigenvalue weighted by Crippen LogP contribution is 2.28. The molecular formula is C21H25N3O2. The van der Waals surface area contributed by atoms with Gasteiger partial charge in [-0.05, 0) is 63.9 Å². The maximum atomic E-state index is 12.2. The maximum absolute atomic E-state index is 12.2. The van der Waals surface area contributed by atoms with Gasteiger partial charge in [-0.3, -0.25) is 0 Å². The molecule has 1 saturated heterocycles. The molecule has 1 aromatic carbocycles. The Kier molecular flexibility index (Phi) is 5.03. The summed E-state index contributed by atoms with van der Waals surface area (Å²) in [6.45, 7) is 7.06. The van der Waals surface area contributed by atoms with Crippen LogP contribution in [-0.4, -0.2) is 39.5 Å². The number of benzene rings is 1. The van der Waals surface area contributed by atoms with Gasteiger partial charge >= 0.3 is 6.09 Å². The van der Waals surface area contributed by atoms with Crippen LogP contribution in [0.1, 0.15) is 50.8 Å². The second kappa shape index (κ2) is 7.25. The van der Waals surface area contributed by atoms with Gasteiger partial charge < -0.3 is 9.64 Å². The van der Waals surface area contributed by atoms with E-state index in [0.29, 0.717) is 19.0 Å². The molecule has 3 rings (SSSR count). The van der Waals surface area contributed by atoms with Crippen molar-refractivity contribution in [3.05, 3.63) is 47.8 Å². The molecular weight excluding hydrogens is 326 g/mol. The Morgan fingerprint density at radius 2 is 1.85 bits per heavy atom. The minimum atomic E-state index is -0.457. The van der Waals surface area contributed by atoms with Crippen molar-refractivity contribution in [1.82, 2.24) is 14.7 Å². The predicted octanol–water partition coefficient (Wildman–Crippen LogP) is 3.97. The van der Waals surface area contributed by atoms with Crippen molar-refractivity contribution >= 4 is 6.09 Å². The van der Waals surface area contributed by atoms with E-state index in [9.17, 15) is 4.79 Å². The van der Waals surface area contributed by atoms with E-state index >= 15 is 0 Å². The van der Waals surface area contributed by atoms with Gasteiger partial charge in [0.25, 0.3) is 0 Å². The van der Waals surface area contributed by atoms with Crippen molar-refractivity contribution in [2.24, 2.45) is 0 Å². The molecule has 1 aliphatic heterocycles. The van der Waals surface area contributed by atoms with Gasteiger partial charge in [0.2, 0.25) is 0 Å². The Hall–Kier alpha value is -2.74. The molecule has 2 aromatic rings. The van der Waals surface area contributed by atoms with Crippen molar-refractivity contribution in [2.75, 3.05) is 13.1 Å². The standard InChI is InChI=1S/C21H25N3O2/c1-5-16-6-8-18(9-7-16)24-15-12-19(22-24)17-10-13-23(14-11-17)20(25)26-21(2,3)4/h1,6-9,12,15,17H,10-11,13-14H2,2-4H3. The first-order chi connectivity index (χ1) is 12.4. The fourth-order valence-electron chi connectivity index (χ4n) is 3.09. The molecule has 5 nitrogen and oxygen atoms in total. The summed E-state index contributed by atoms with van der Waals surface area (Å²) in [6.07, 6.45) is 8.93. The first-order valence-electron chi connectivity index (χ1n) is 8.96. The van der Waals surface area contributed by atoms with Gasteiger partial charge in [-0.25, -0.2) is 9.48 Å². The van der Waals surface area contributed by atoms with Crippen LogP contribution in [0.15, 0.2) is 36.5 Å². The number of rotatable bonds is 2. The molecule has 0 unspecified atom stereocenters. The molecule has 2 heterocycles. The topological polar surface area (TPSA) is 47.4 Å². The van der Waals surface area contributed by atoms with E-state index in [1.807, 2.05) is 55.9 Å². The summed E-state index contributed by atoms with van der Waals surface area (Å²) in [6, 6.07) is 9.82. The second-order valence-corrected chi connectivity index (χ2v) is 7.62. The molecule has 1 amide bonds. The minimum Gasteiger partial charge on any atom is -0.444 e. The number of carbonyl (C=O) groups is 1. The molecule has 0 spiro atoms. The lowest BCUT2D eigenvalue weighted by Gasteiger charge is -2.32. The zero-order valence-corrected chi connectivity index (χ0v) is 15.6. The summed E-state index contributed by atoms with van der Waals surface area (Å²) in [5, 5.41) is 4.72. The highest BCUT2D eigenvalue weighted by Gasteiger charge is 2.28. The van der Waals surface area contributed by atoms with E-state index in [4.69, 9.17) is 16.3 Å². The Morgan fingerprint density at radius 1 is 1.19 bits per heavy atom. The third-order valence-electron chi connectivity index (χ3n) is 4.47. The number of nitrogens with zero attached hydrogens (tertiary/aromatic N) is 3. The number of likely N-dealkylation sites (tertiary alicyclic amines) is 1. The summed E-state index contributed by atoms with van der Waals surface area (Å²) >= 11 is 0. The number of aromatic nitrogens is 2. The highest BCUT2D eigenvalue weighted by atomic mass is 16.6. The van der Waals surface area contributed by atoms with Gasteiger partial charge in [0.05, 0.1) is 11.4 Å². The van der Waals surface area contributed by atoms with Crippen molar-refractivity contribution in [3.8, 4) is 18.0 Å². The Balaban J connectivity index is 1.61. The van der Waals surface area contributed by atoms with Crippen LogP contribution in [0.2, 0.25) is 0 Å². The van der Waals surface area contributed by atoms with Crippen molar-refractivity contribution in [2.45, 2.75) is 45.1 Å². The number of terminal acetylenes is 1. The molecule has 0 aliphatic carbocycles. The average molecular weight is 351 g/mol. The van der Waals surface area contributed by atoms with E-state index in [2.05, 4.69) is 12.0 Å². The third kappa shape index (κ3) is 4.26. The number of hydrogen-bond donors (Lipinski definition) is 0. The predicted molar refractivity (Wildman–Crippen MR) is 101 cm³/mol. The molecule has 0 bridgehead atoms. The highest BCUT2D eigenvalue weighted by molar-refractivity contribution is 5.68. The van der Waals surface area contributed by atoms with E-state index in [0.717, 1.165) is 29.8 Å². The molecule has 136 valence electrons. The van der Waals surface area contributed by atoms with E-state index < -0.39 is 5.60 Å². The van der Waals surface area contributed by atoms with Crippen LogP contribution in [0.25, 0.3) is 5.69 Å². The van der Waals surface area contributed by atoms with Gasteiger partial charge in [0, 0.05) is 30.8 Å². The van der Waals surface area contributed by atoms with Crippen LogP contribution in [0.3, 0.4) is 0 Å². The number of carbonyl (C=O) groups excluding carboxylic acids is 1. The average Bonchev–Trinajstić information content (AvgIpc) is 3.10. The molecule has 1 aliphatic rings. The summed E-state index contributed by atoms with van der Waals surface area (Å²) in [7, 11) is 0. The molecule has 26 heavy (non-hydrogen) atoms. The van der Waals surface area contributed by atoms with Gasteiger partial charge in [-0.2, -0.15) is 5.10 Å².